The molecule has 1 fully saturated rings. The molecule has 20 heavy (non-hydrogen) atoms. The van der Waals surface area contributed by atoms with E-state index in [0.717, 1.165) is 25.1 Å². The third-order valence-electron chi connectivity index (χ3n) is 4.04. The van der Waals surface area contributed by atoms with Crippen LogP contribution in [0.15, 0.2) is 18.2 Å². The van der Waals surface area contributed by atoms with Crippen molar-refractivity contribution < 1.29 is 9.53 Å². The number of likely N-dealkylation sites (tertiary alicyclic amines) is 1. The van der Waals surface area contributed by atoms with Crippen molar-refractivity contribution in [1.82, 2.24) is 4.90 Å². The van der Waals surface area contributed by atoms with E-state index in [9.17, 15) is 4.79 Å². The first-order chi connectivity index (χ1) is 9.51. The van der Waals surface area contributed by atoms with Gasteiger partial charge in [-0.2, -0.15) is 0 Å². The van der Waals surface area contributed by atoms with Crippen molar-refractivity contribution in [3.63, 3.8) is 0 Å². The third-order valence-corrected chi connectivity index (χ3v) is 4.04. The molecule has 110 valence electrons. The number of esters is 1. The smallest absolute Gasteiger partial charge is 0.340 e. The molecule has 1 aromatic rings. The van der Waals surface area contributed by atoms with Crippen molar-refractivity contribution in [3.8, 4) is 0 Å². The fourth-order valence-corrected chi connectivity index (χ4v) is 2.59. The molecule has 1 saturated heterocycles. The molecule has 0 saturated carbocycles. The molecular weight excluding hydrogens is 254 g/mol. The van der Waals surface area contributed by atoms with E-state index in [1.54, 1.807) is 12.1 Å². The molecule has 0 aliphatic carbocycles. The molecule has 0 amide bonds. The lowest BCUT2D eigenvalue weighted by Gasteiger charge is -2.35. The first-order valence-electron chi connectivity index (χ1n) is 6.96. The van der Waals surface area contributed by atoms with E-state index < -0.39 is 5.97 Å². The van der Waals surface area contributed by atoms with Crippen LogP contribution >= 0.6 is 0 Å². The number of nitrogens with one attached hydrogen (secondary N) is 1. The second kappa shape index (κ2) is 6.13. The molecule has 1 aromatic carbocycles. The zero-order valence-corrected chi connectivity index (χ0v) is 12.3. The topological polar surface area (TPSA) is 67.6 Å². The van der Waals surface area contributed by atoms with Crippen LogP contribution in [-0.4, -0.2) is 43.7 Å². The summed E-state index contributed by atoms with van der Waals surface area (Å²) in [6, 6.07) is 6.41. The molecular formula is C15H23N3O2. The number of rotatable bonds is 3. The molecule has 0 radical (unpaired) electrons. The Balaban J connectivity index is 2.08. The molecule has 0 spiro atoms. The number of nitrogens with two attached hydrogens (primary N) is 1. The Morgan fingerprint density at radius 1 is 1.50 bits per heavy atom. The van der Waals surface area contributed by atoms with Crippen LogP contribution in [0.25, 0.3) is 0 Å². The summed E-state index contributed by atoms with van der Waals surface area (Å²) in [5.41, 5.74) is 7.58. The number of nitrogens with zero attached hydrogens (tertiary/aromatic N) is 1. The maximum Gasteiger partial charge on any atom is 0.340 e. The molecule has 3 N–H and O–H groups in total. The molecule has 0 bridgehead atoms. The van der Waals surface area contributed by atoms with E-state index in [0.29, 0.717) is 23.3 Å². The zero-order valence-electron chi connectivity index (χ0n) is 12.3. The van der Waals surface area contributed by atoms with Crippen molar-refractivity contribution in [2.75, 3.05) is 31.8 Å². The minimum absolute atomic E-state index is 0.400. The van der Waals surface area contributed by atoms with E-state index in [-0.39, 0.29) is 0 Å². The Morgan fingerprint density at radius 3 is 2.90 bits per heavy atom. The van der Waals surface area contributed by atoms with Gasteiger partial charge in [0.05, 0.1) is 12.7 Å². The van der Waals surface area contributed by atoms with Crippen molar-refractivity contribution in [1.29, 1.82) is 0 Å². The molecule has 1 aliphatic rings. The fraction of sp³-hybridized carbons (Fsp3) is 0.533. The van der Waals surface area contributed by atoms with Crippen LogP contribution in [0, 0.1) is 0 Å². The Morgan fingerprint density at radius 2 is 2.25 bits per heavy atom. The van der Waals surface area contributed by atoms with Crippen molar-refractivity contribution in [2.45, 2.75) is 31.8 Å². The first kappa shape index (κ1) is 14.7. The molecule has 2 unspecified atom stereocenters. The number of piperidine rings is 1. The standard InChI is InChI=1S/C15H23N3O2/c1-10-8-12(6-7-18(10)2)17-11-4-5-14(16)13(9-11)15(19)20-3/h4-5,9-10,12,17H,6-8,16H2,1-3H3. The number of nitrogen functional groups attached to an aromatic ring is 1. The summed E-state index contributed by atoms with van der Waals surface area (Å²) < 4.78 is 4.74. The lowest BCUT2D eigenvalue weighted by molar-refractivity contribution is 0.0602. The molecule has 1 heterocycles. The van der Waals surface area contributed by atoms with Crippen molar-refractivity contribution in [2.24, 2.45) is 0 Å². The van der Waals surface area contributed by atoms with Gasteiger partial charge in [-0.15, -0.1) is 0 Å². The lowest BCUT2D eigenvalue weighted by Crippen LogP contribution is -2.42. The van der Waals surface area contributed by atoms with Crippen LogP contribution in [-0.2, 0) is 4.74 Å². The quantitative estimate of drug-likeness (QED) is 0.653. The van der Waals surface area contributed by atoms with Gasteiger partial charge in [0, 0.05) is 30.0 Å². The number of ether oxygens (including phenoxy) is 1. The van der Waals surface area contributed by atoms with Gasteiger partial charge in [0.15, 0.2) is 0 Å². The SMILES string of the molecule is COC(=O)c1cc(NC2CCN(C)C(C)C2)ccc1N. The van der Waals surface area contributed by atoms with Gasteiger partial charge >= 0.3 is 5.97 Å². The van der Waals surface area contributed by atoms with Crippen LogP contribution < -0.4 is 11.1 Å². The van der Waals surface area contributed by atoms with Gasteiger partial charge in [0.25, 0.3) is 0 Å². The highest BCUT2D eigenvalue weighted by molar-refractivity contribution is 5.96. The van der Waals surface area contributed by atoms with Gasteiger partial charge in [0.2, 0.25) is 0 Å². The van der Waals surface area contributed by atoms with Crippen molar-refractivity contribution >= 4 is 17.3 Å². The Kier molecular flexibility index (Phi) is 4.49. The largest absolute Gasteiger partial charge is 0.465 e. The maximum atomic E-state index is 11.6. The predicted octanol–water partition coefficient (Wildman–Crippen LogP) is 1.95. The average Bonchev–Trinajstić information content (AvgIpc) is 2.44. The minimum atomic E-state index is -0.400. The zero-order chi connectivity index (χ0) is 14.7. The van der Waals surface area contributed by atoms with E-state index >= 15 is 0 Å². The van der Waals surface area contributed by atoms with E-state index in [1.807, 2.05) is 6.07 Å². The van der Waals surface area contributed by atoms with Crippen LogP contribution in [0.4, 0.5) is 11.4 Å². The van der Waals surface area contributed by atoms with E-state index in [2.05, 4.69) is 24.2 Å². The summed E-state index contributed by atoms with van der Waals surface area (Å²) in [6.45, 7) is 3.31. The molecule has 5 heteroatoms. The normalized spacial score (nSPS) is 23.4. The molecule has 1 aliphatic heterocycles. The number of anilines is 2. The summed E-state index contributed by atoms with van der Waals surface area (Å²) in [6.07, 6.45) is 2.19. The number of carbonyl (C=O) groups excluding carboxylic acids is 1. The molecule has 5 nitrogen and oxygen atoms in total. The average molecular weight is 277 g/mol. The number of benzene rings is 1. The summed E-state index contributed by atoms with van der Waals surface area (Å²) >= 11 is 0. The van der Waals surface area contributed by atoms with Crippen LogP contribution in [0.5, 0.6) is 0 Å². The molecule has 0 aromatic heterocycles. The van der Waals surface area contributed by atoms with Gasteiger partial charge in [0.1, 0.15) is 0 Å². The predicted molar refractivity (Wildman–Crippen MR) is 80.9 cm³/mol. The third kappa shape index (κ3) is 3.22. The maximum absolute atomic E-state index is 11.6. The van der Waals surface area contributed by atoms with E-state index in [4.69, 9.17) is 10.5 Å². The highest BCUT2D eigenvalue weighted by Gasteiger charge is 2.22. The van der Waals surface area contributed by atoms with Gasteiger partial charge in [-0.3, -0.25) is 0 Å². The van der Waals surface area contributed by atoms with Gasteiger partial charge in [-0.1, -0.05) is 0 Å². The molecule has 2 rings (SSSR count). The number of hydrogen-bond donors (Lipinski definition) is 2. The van der Waals surface area contributed by atoms with Crippen LogP contribution in [0.3, 0.4) is 0 Å². The second-order valence-corrected chi connectivity index (χ2v) is 5.49. The second-order valence-electron chi connectivity index (χ2n) is 5.49. The lowest BCUT2D eigenvalue weighted by atomic mass is 9.98. The van der Waals surface area contributed by atoms with Crippen LogP contribution in [0.1, 0.15) is 30.1 Å². The summed E-state index contributed by atoms with van der Waals surface area (Å²) in [5.74, 6) is -0.400. The highest BCUT2D eigenvalue weighted by atomic mass is 16.5. The fourth-order valence-electron chi connectivity index (χ4n) is 2.59. The summed E-state index contributed by atoms with van der Waals surface area (Å²) in [4.78, 5) is 14.0. The van der Waals surface area contributed by atoms with Gasteiger partial charge in [-0.25, -0.2) is 4.79 Å². The minimum Gasteiger partial charge on any atom is -0.465 e. The summed E-state index contributed by atoms with van der Waals surface area (Å²) in [5, 5.41) is 3.49. The first-order valence-corrected chi connectivity index (χ1v) is 6.96. The number of methoxy groups -OCH3 is 1. The van der Waals surface area contributed by atoms with Crippen molar-refractivity contribution in [3.05, 3.63) is 23.8 Å². The van der Waals surface area contributed by atoms with E-state index in [1.165, 1.54) is 7.11 Å². The van der Waals surface area contributed by atoms with Gasteiger partial charge in [-0.05, 0) is 45.0 Å². The Hall–Kier alpha value is -1.75. The Labute approximate surface area is 120 Å². The number of carbonyl (C=O) groups is 1. The Bertz CT molecular complexity index is 490. The van der Waals surface area contributed by atoms with Crippen LogP contribution in [0.2, 0.25) is 0 Å². The summed E-state index contributed by atoms with van der Waals surface area (Å²) in [7, 11) is 3.51. The monoisotopic (exact) mass is 277 g/mol. The number of hydrogen-bond acceptors (Lipinski definition) is 5. The van der Waals surface area contributed by atoms with Gasteiger partial charge < -0.3 is 20.7 Å². The molecule has 2 atom stereocenters. The highest BCUT2D eigenvalue weighted by Crippen LogP contribution is 2.23.